The average Bonchev–Trinajstić information content (AvgIpc) is 2.61. The molecule has 1 N–H and O–H groups in total. The summed E-state index contributed by atoms with van der Waals surface area (Å²) in [4.78, 5) is 0. The zero-order valence-electron chi connectivity index (χ0n) is 17.6. The van der Waals surface area contributed by atoms with Gasteiger partial charge in [-0.25, -0.2) is 0 Å². The molecule has 0 aromatic rings. The molecule has 0 spiro atoms. The molecule has 25 heavy (non-hydrogen) atoms. The van der Waals surface area contributed by atoms with Gasteiger partial charge in [-0.3, -0.25) is 5.01 Å². The van der Waals surface area contributed by atoms with Gasteiger partial charge >= 0.3 is 0 Å². The summed E-state index contributed by atoms with van der Waals surface area (Å²) in [6.45, 7) is 15.2. The van der Waals surface area contributed by atoms with E-state index in [1.165, 1.54) is 57.1 Å². The second-order valence-electron chi connectivity index (χ2n) is 7.67. The standard InChI is InChI=1S/C21H42N4/c1-7-11-19(12-8-2)18(6)24-25(10-4)21(23-22-9-3)20-15-13-17(5)14-16-20/h17,19-20,22H,7-16H2,1-6H3/b23-21-,24-18+. The maximum Gasteiger partial charge on any atom is 0.148 e. The van der Waals surface area contributed by atoms with Crippen LogP contribution in [0, 0.1) is 17.8 Å². The lowest BCUT2D eigenvalue weighted by atomic mass is 9.82. The Labute approximate surface area is 156 Å². The second kappa shape index (κ2) is 12.3. The number of hydrazone groups is 2. The minimum atomic E-state index is 0.544. The minimum absolute atomic E-state index is 0.544. The predicted molar refractivity (Wildman–Crippen MR) is 111 cm³/mol. The molecule has 0 atom stereocenters. The van der Waals surface area contributed by atoms with Crippen LogP contribution in [0.2, 0.25) is 0 Å². The number of nitrogens with zero attached hydrogens (tertiary/aromatic N) is 3. The number of amidine groups is 1. The van der Waals surface area contributed by atoms with Crippen LogP contribution in [0.4, 0.5) is 0 Å². The molecule has 0 aromatic carbocycles. The Balaban J connectivity index is 2.97. The fraction of sp³-hybridized carbons (Fsp3) is 0.905. The number of hydrogen-bond donors (Lipinski definition) is 1. The molecule has 0 radical (unpaired) electrons. The zero-order chi connectivity index (χ0) is 18.7. The maximum absolute atomic E-state index is 5.06. The molecule has 0 heterocycles. The molecule has 1 rings (SSSR count). The lowest BCUT2D eigenvalue weighted by Crippen LogP contribution is -2.37. The fourth-order valence-electron chi connectivity index (χ4n) is 3.85. The molecular formula is C21H42N4. The van der Waals surface area contributed by atoms with Crippen molar-refractivity contribution < 1.29 is 0 Å². The van der Waals surface area contributed by atoms with Crippen LogP contribution in [-0.4, -0.2) is 29.6 Å². The molecule has 0 bridgehead atoms. The van der Waals surface area contributed by atoms with Crippen molar-refractivity contribution in [1.82, 2.24) is 10.4 Å². The van der Waals surface area contributed by atoms with Crippen LogP contribution in [0.5, 0.6) is 0 Å². The largest absolute Gasteiger partial charge is 0.309 e. The number of rotatable bonds is 10. The van der Waals surface area contributed by atoms with Crippen molar-refractivity contribution in [2.45, 2.75) is 92.9 Å². The molecular weight excluding hydrogens is 308 g/mol. The van der Waals surface area contributed by atoms with Crippen molar-refractivity contribution in [3.63, 3.8) is 0 Å². The van der Waals surface area contributed by atoms with Crippen LogP contribution >= 0.6 is 0 Å². The van der Waals surface area contributed by atoms with Gasteiger partial charge in [0, 0.05) is 24.7 Å². The summed E-state index contributed by atoms with van der Waals surface area (Å²) in [6.07, 6.45) is 10.0. The van der Waals surface area contributed by atoms with Crippen molar-refractivity contribution in [3.05, 3.63) is 0 Å². The SMILES string of the molecule is CCCC(CCC)/C(C)=N/N(CC)/C(=N\NCC)C1CCC(C)CC1. The first-order chi connectivity index (χ1) is 12.1. The zero-order valence-corrected chi connectivity index (χ0v) is 17.6. The van der Waals surface area contributed by atoms with E-state index in [0.29, 0.717) is 11.8 Å². The molecule has 4 nitrogen and oxygen atoms in total. The summed E-state index contributed by atoms with van der Waals surface area (Å²) >= 11 is 0. The normalized spacial score (nSPS) is 22.4. The Hall–Kier alpha value is -1.06. The highest BCUT2D eigenvalue weighted by atomic mass is 15.5. The maximum atomic E-state index is 5.06. The molecule has 0 unspecified atom stereocenters. The molecule has 146 valence electrons. The van der Waals surface area contributed by atoms with Crippen LogP contribution in [0.1, 0.15) is 92.9 Å². The fourth-order valence-corrected chi connectivity index (χ4v) is 3.85. The van der Waals surface area contributed by atoms with E-state index in [9.17, 15) is 0 Å². The summed E-state index contributed by atoms with van der Waals surface area (Å²) in [5, 5.41) is 12.0. The second-order valence-corrected chi connectivity index (χ2v) is 7.67. The first kappa shape index (κ1) is 22.0. The van der Waals surface area contributed by atoms with E-state index in [-0.39, 0.29) is 0 Å². The van der Waals surface area contributed by atoms with Gasteiger partial charge in [0.05, 0.1) is 0 Å². The number of nitrogens with one attached hydrogen (secondary N) is 1. The molecule has 1 saturated carbocycles. The third-order valence-electron chi connectivity index (χ3n) is 5.44. The average molecular weight is 351 g/mol. The van der Waals surface area contributed by atoms with Crippen LogP contribution in [-0.2, 0) is 0 Å². The van der Waals surface area contributed by atoms with Gasteiger partial charge in [-0.15, -0.1) is 0 Å². The van der Waals surface area contributed by atoms with Crippen LogP contribution in [0.15, 0.2) is 10.2 Å². The van der Waals surface area contributed by atoms with Gasteiger partial charge in [0.25, 0.3) is 0 Å². The van der Waals surface area contributed by atoms with E-state index in [0.717, 1.165) is 24.8 Å². The quantitative estimate of drug-likeness (QED) is 0.314. The molecule has 1 aliphatic carbocycles. The Morgan fingerprint density at radius 1 is 1.04 bits per heavy atom. The highest BCUT2D eigenvalue weighted by Crippen LogP contribution is 2.30. The van der Waals surface area contributed by atoms with E-state index in [1.54, 1.807) is 0 Å². The van der Waals surface area contributed by atoms with Crippen molar-refractivity contribution in [3.8, 4) is 0 Å². The molecule has 0 saturated heterocycles. The van der Waals surface area contributed by atoms with Crippen molar-refractivity contribution >= 4 is 11.5 Å². The lowest BCUT2D eigenvalue weighted by Gasteiger charge is -2.32. The van der Waals surface area contributed by atoms with Crippen LogP contribution in [0.3, 0.4) is 0 Å². The smallest absolute Gasteiger partial charge is 0.148 e. The van der Waals surface area contributed by atoms with Gasteiger partial charge in [0.15, 0.2) is 0 Å². The summed E-state index contributed by atoms with van der Waals surface area (Å²) in [5.41, 5.74) is 4.48. The summed E-state index contributed by atoms with van der Waals surface area (Å²) in [7, 11) is 0. The van der Waals surface area contributed by atoms with Gasteiger partial charge in [-0.05, 0) is 58.3 Å². The molecule has 1 fully saturated rings. The molecule has 4 heteroatoms. The van der Waals surface area contributed by atoms with E-state index in [2.05, 4.69) is 52.0 Å². The van der Waals surface area contributed by atoms with Gasteiger partial charge in [0.2, 0.25) is 0 Å². The third-order valence-corrected chi connectivity index (χ3v) is 5.44. The van der Waals surface area contributed by atoms with Crippen molar-refractivity contribution in [2.75, 3.05) is 13.1 Å². The van der Waals surface area contributed by atoms with E-state index in [4.69, 9.17) is 10.2 Å². The highest BCUT2D eigenvalue weighted by molar-refractivity contribution is 5.89. The predicted octanol–water partition coefficient (Wildman–Crippen LogP) is 5.65. The number of hydrogen-bond acceptors (Lipinski definition) is 3. The minimum Gasteiger partial charge on any atom is -0.309 e. The first-order valence-electron chi connectivity index (χ1n) is 10.7. The van der Waals surface area contributed by atoms with Crippen molar-refractivity contribution in [2.24, 2.45) is 28.0 Å². The molecule has 1 aliphatic rings. The van der Waals surface area contributed by atoms with E-state index in [1.807, 2.05) is 0 Å². The Morgan fingerprint density at radius 3 is 2.12 bits per heavy atom. The monoisotopic (exact) mass is 350 g/mol. The molecule has 0 amide bonds. The topological polar surface area (TPSA) is 40.0 Å². The van der Waals surface area contributed by atoms with Crippen LogP contribution in [0.25, 0.3) is 0 Å². The summed E-state index contributed by atoms with van der Waals surface area (Å²) in [6, 6.07) is 0. The highest BCUT2D eigenvalue weighted by Gasteiger charge is 2.26. The van der Waals surface area contributed by atoms with Gasteiger partial charge in [0.1, 0.15) is 5.84 Å². The van der Waals surface area contributed by atoms with E-state index < -0.39 is 0 Å². The summed E-state index contributed by atoms with van der Waals surface area (Å²) in [5.74, 6) is 3.16. The first-order valence-corrected chi connectivity index (χ1v) is 10.7. The Morgan fingerprint density at radius 2 is 1.64 bits per heavy atom. The Bertz CT molecular complexity index is 402. The Kier molecular flexibility index (Phi) is 10.8. The summed E-state index contributed by atoms with van der Waals surface area (Å²) < 4.78 is 0. The van der Waals surface area contributed by atoms with Gasteiger partial charge in [-0.2, -0.15) is 10.2 Å². The molecule has 0 aromatic heterocycles. The molecule has 0 aliphatic heterocycles. The van der Waals surface area contributed by atoms with Gasteiger partial charge in [-0.1, -0.05) is 46.5 Å². The van der Waals surface area contributed by atoms with Crippen molar-refractivity contribution in [1.29, 1.82) is 0 Å². The van der Waals surface area contributed by atoms with Gasteiger partial charge < -0.3 is 5.43 Å². The third kappa shape index (κ3) is 7.37. The van der Waals surface area contributed by atoms with Crippen LogP contribution < -0.4 is 5.43 Å². The van der Waals surface area contributed by atoms with E-state index >= 15 is 0 Å². The lowest BCUT2D eigenvalue weighted by molar-refractivity contribution is 0.314.